The second-order valence-corrected chi connectivity index (χ2v) is 3.84. The maximum absolute atomic E-state index is 12.3. The molecule has 0 spiro atoms. The van der Waals surface area contributed by atoms with Crippen LogP contribution >= 0.6 is 0 Å². The summed E-state index contributed by atoms with van der Waals surface area (Å²) in [7, 11) is 0. The van der Waals surface area contributed by atoms with Crippen molar-refractivity contribution in [1.29, 1.82) is 0 Å². The molecule has 0 unspecified atom stereocenters. The quantitative estimate of drug-likeness (QED) is 0.557. The molecule has 0 saturated carbocycles. The Hall–Kier alpha value is -1.43. The molecule has 0 aliphatic rings. The van der Waals surface area contributed by atoms with Gasteiger partial charge in [-0.15, -0.1) is 0 Å². The average molecular weight is 429 g/mol. The monoisotopic (exact) mass is 430 g/mol. The minimum atomic E-state index is 0. The Labute approximate surface area is 124 Å². The van der Waals surface area contributed by atoms with Crippen LogP contribution in [0.25, 0.3) is 22.1 Å². The molecular weight excluding hydrogens is 419 g/mol. The summed E-state index contributed by atoms with van der Waals surface area (Å²) in [5.74, 6) is 0. The standard InChI is InChI=1S/C15H10O2.Pb/c16-15-12-8-4-5-9-14(12)17-10-13(15)11-6-2-1-3-7-11;/h1-10H;. The molecule has 3 aromatic rings. The van der Waals surface area contributed by atoms with Gasteiger partial charge in [0.05, 0.1) is 10.9 Å². The van der Waals surface area contributed by atoms with E-state index in [-0.39, 0.29) is 32.7 Å². The molecule has 18 heavy (non-hydrogen) atoms. The number of fused-ring (bicyclic) bond motifs is 1. The molecule has 86 valence electrons. The summed E-state index contributed by atoms with van der Waals surface area (Å²) in [5.41, 5.74) is 2.12. The average Bonchev–Trinajstić information content (AvgIpc) is 2.40. The summed E-state index contributed by atoms with van der Waals surface area (Å²) in [5, 5.41) is 0.619. The van der Waals surface area contributed by atoms with Crippen LogP contribution in [0.15, 0.2) is 70.1 Å². The van der Waals surface area contributed by atoms with E-state index in [4.69, 9.17) is 4.42 Å². The minimum Gasteiger partial charge on any atom is -0.463 e. The molecule has 4 radical (unpaired) electrons. The maximum atomic E-state index is 12.3. The predicted octanol–water partition coefficient (Wildman–Crippen LogP) is 3.08. The summed E-state index contributed by atoms with van der Waals surface area (Å²) in [6.07, 6.45) is 1.53. The van der Waals surface area contributed by atoms with Crippen LogP contribution in [0, 0.1) is 0 Å². The Balaban J connectivity index is 0.00000120. The second kappa shape index (κ2) is 5.48. The molecule has 0 bridgehead atoms. The first-order chi connectivity index (χ1) is 8.36. The van der Waals surface area contributed by atoms with Crippen LogP contribution in [0.4, 0.5) is 0 Å². The van der Waals surface area contributed by atoms with Crippen molar-refractivity contribution in [2.24, 2.45) is 0 Å². The van der Waals surface area contributed by atoms with E-state index >= 15 is 0 Å². The van der Waals surface area contributed by atoms with Crippen molar-refractivity contribution in [2.75, 3.05) is 0 Å². The first-order valence-electron chi connectivity index (χ1n) is 5.42. The first kappa shape index (κ1) is 13.0. The smallest absolute Gasteiger partial charge is 0.200 e. The van der Waals surface area contributed by atoms with E-state index in [1.807, 2.05) is 42.5 Å². The number of benzene rings is 2. The molecule has 0 aliphatic heterocycles. The Bertz CT molecular complexity index is 717. The van der Waals surface area contributed by atoms with E-state index in [1.54, 1.807) is 12.1 Å². The van der Waals surface area contributed by atoms with E-state index in [9.17, 15) is 4.79 Å². The summed E-state index contributed by atoms with van der Waals surface area (Å²) in [4.78, 5) is 12.3. The van der Waals surface area contributed by atoms with E-state index in [1.165, 1.54) is 6.26 Å². The van der Waals surface area contributed by atoms with Gasteiger partial charge < -0.3 is 4.42 Å². The van der Waals surface area contributed by atoms with Gasteiger partial charge in [0.25, 0.3) is 0 Å². The molecule has 2 nitrogen and oxygen atoms in total. The Morgan fingerprint density at radius 2 is 1.50 bits per heavy atom. The van der Waals surface area contributed by atoms with Gasteiger partial charge in [-0.3, -0.25) is 4.79 Å². The molecule has 2 aromatic carbocycles. The zero-order valence-electron chi connectivity index (χ0n) is 9.59. The van der Waals surface area contributed by atoms with Crippen LogP contribution in [0.3, 0.4) is 0 Å². The van der Waals surface area contributed by atoms with Gasteiger partial charge in [0, 0.05) is 27.3 Å². The fraction of sp³-hybridized carbons (Fsp3) is 0. The van der Waals surface area contributed by atoms with Gasteiger partial charge in [0.15, 0.2) is 5.43 Å². The Kier molecular flexibility index (Phi) is 3.96. The van der Waals surface area contributed by atoms with Crippen LogP contribution < -0.4 is 5.43 Å². The van der Waals surface area contributed by atoms with Crippen molar-refractivity contribution in [3.63, 3.8) is 0 Å². The molecule has 3 rings (SSSR count). The SMILES string of the molecule is O=c1c(-c2ccccc2)coc2ccccc12.[Pb]. The van der Waals surface area contributed by atoms with E-state index in [0.29, 0.717) is 16.5 Å². The van der Waals surface area contributed by atoms with Crippen molar-refractivity contribution >= 4 is 38.3 Å². The van der Waals surface area contributed by atoms with Crippen LogP contribution in [-0.2, 0) is 0 Å². The molecule has 0 N–H and O–H groups in total. The number of hydrogen-bond acceptors (Lipinski definition) is 2. The van der Waals surface area contributed by atoms with Crippen molar-refractivity contribution < 1.29 is 4.42 Å². The summed E-state index contributed by atoms with van der Waals surface area (Å²) in [6, 6.07) is 16.8. The van der Waals surface area contributed by atoms with Gasteiger partial charge >= 0.3 is 0 Å². The molecule has 1 heterocycles. The summed E-state index contributed by atoms with van der Waals surface area (Å²) < 4.78 is 5.48. The van der Waals surface area contributed by atoms with E-state index in [0.717, 1.165) is 5.56 Å². The summed E-state index contributed by atoms with van der Waals surface area (Å²) in [6.45, 7) is 0. The molecule has 0 aliphatic carbocycles. The third kappa shape index (κ3) is 2.25. The van der Waals surface area contributed by atoms with Crippen molar-refractivity contribution in [3.8, 4) is 11.1 Å². The van der Waals surface area contributed by atoms with Crippen LogP contribution in [0.5, 0.6) is 0 Å². The Morgan fingerprint density at radius 3 is 2.28 bits per heavy atom. The van der Waals surface area contributed by atoms with Gasteiger partial charge in [0.1, 0.15) is 11.8 Å². The van der Waals surface area contributed by atoms with Crippen LogP contribution in [0.1, 0.15) is 0 Å². The van der Waals surface area contributed by atoms with Crippen molar-refractivity contribution in [2.45, 2.75) is 0 Å². The molecule has 0 saturated heterocycles. The second-order valence-electron chi connectivity index (χ2n) is 3.84. The molecular formula is C15H10O2Pb. The third-order valence-electron chi connectivity index (χ3n) is 2.76. The molecule has 0 atom stereocenters. The molecule has 0 fully saturated rings. The molecule has 3 heteroatoms. The van der Waals surface area contributed by atoms with Gasteiger partial charge in [0.2, 0.25) is 0 Å². The maximum Gasteiger partial charge on any atom is 0.200 e. The fourth-order valence-electron chi connectivity index (χ4n) is 1.89. The summed E-state index contributed by atoms with van der Waals surface area (Å²) >= 11 is 0. The predicted molar refractivity (Wildman–Crippen MR) is 73.7 cm³/mol. The van der Waals surface area contributed by atoms with Crippen LogP contribution in [-0.4, -0.2) is 27.3 Å². The van der Waals surface area contributed by atoms with E-state index < -0.39 is 0 Å². The zero-order valence-corrected chi connectivity index (χ0v) is 13.5. The van der Waals surface area contributed by atoms with Gasteiger partial charge in [-0.2, -0.15) is 0 Å². The van der Waals surface area contributed by atoms with Gasteiger partial charge in [-0.05, 0) is 17.7 Å². The van der Waals surface area contributed by atoms with E-state index in [2.05, 4.69) is 0 Å². The number of hydrogen-bond donors (Lipinski definition) is 0. The van der Waals surface area contributed by atoms with Gasteiger partial charge in [-0.1, -0.05) is 42.5 Å². The first-order valence-corrected chi connectivity index (χ1v) is 5.42. The fourth-order valence-corrected chi connectivity index (χ4v) is 1.89. The minimum absolute atomic E-state index is 0. The number of para-hydroxylation sites is 1. The topological polar surface area (TPSA) is 30.2 Å². The largest absolute Gasteiger partial charge is 0.463 e. The zero-order chi connectivity index (χ0) is 11.7. The normalized spacial score (nSPS) is 10.0. The molecule has 1 aromatic heterocycles. The molecule has 0 amide bonds. The van der Waals surface area contributed by atoms with Crippen molar-refractivity contribution in [1.82, 2.24) is 0 Å². The number of rotatable bonds is 1. The van der Waals surface area contributed by atoms with Gasteiger partial charge in [-0.25, -0.2) is 0 Å². The van der Waals surface area contributed by atoms with Crippen LogP contribution in [0.2, 0.25) is 0 Å². The Morgan fingerprint density at radius 1 is 0.833 bits per heavy atom. The third-order valence-corrected chi connectivity index (χ3v) is 2.76. The van der Waals surface area contributed by atoms with Crippen molar-refractivity contribution in [3.05, 3.63) is 71.1 Å².